The van der Waals surface area contributed by atoms with E-state index in [1.54, 1.807) is 20.8 Å². The van der Waals surface area contributed by atoms with Crippen LogP contribution < -0.4 is 0 Å². The molecule has 1 aliphatic rings. The molecule has 1 aliphatic heterocycles. The number of amides is 2. The molecule has 0 spiro atoms. The number of carbonyl (C=O) groups is 3. The van der Waals surface area contributed by atoms with Gasteiger partial charge in [-0.1, -0.05) is 0 Å². The fourth-order valence-electron chi connectivity index (χ4n) is 1.65. The maximum Gasteiger partial charge on any atom is 0.329 e. The molecule has 17 heavy (non-hydrogen) atoms. The number of hydrogen-bond donors (Lipinski definition) is 0. The van der Waals surface area contributed by atoms with Gasteiger partial charge in [0.25, 0.3) is 0 Å². The van der Waals surface area contributed by atoms with Crippen molar-refractivity contribution in [3.8, 4) is 0 Å². The molecule has 0 radical (unpaired) electrons. The Bertz CT molecular complexity index is 348. The highest BCUT2D eigenvalue weighted by Gasteiger charge is 2.41. The second-order valence-corrected chi connectivity index (χ2v) is 5.15. The number of esters is 1. The minimum Gasteiger partial charge on any atom is -0.458 e. The lowest BCUT2D eigenvalue weighted by Gasteiger charge is -2.25. The van der Waals surface area contributed by atoms with Gasteiger partial charge in [-0.25, -0.2) is 4.79 Å². The molecule has 0 N–H and O–H groups in total. The van der Waals surface area contributed by atoms with E-state index in [1.807, 2.05) is 0 Å². The van der Waals surface area contributed by atoms with Crippen LogP contribution in [-0.4, -0.2) is 40.2 Å². The molecular formula is C11H16ClNO4. The Morgan fingerprint density at radius 3 is 2.53 bits per heavy atom. The van der Waals surface area contributed by atoms with Gasteiger partial charge in [0.15, 0.2) is 0 Å². The van der Waals surface area contributed by atoms with Crippen LogP contribution in [-0.2, 0) is 19.1 Å². The predicted molar refractivity (Wildman–Crippen MR) is 61.4 cm³/mol. The third-order valence-corrected chi connectivity index (χ3v) is 2.50. The van der Waals surface area contributed by atoms with Gasteiger partial charge >= 0.3 is 5.97 Å². The number of ether oxygens (including phenoxy) is 1. The van der Waals surface area contributed by atoms with Gasteiger partial charge in [-0.3, -0.25) is 14.5 Å². The van der Waals surface area contributed by atoms with Crippen LogP contribution in [0.25, 0.3) is 0 Å². The van der Waals surface area contributed by atoms with E-state index in [4.69, 9.17) is 16.3 Å². The van der Waals surface area contributed by atoms with E-state index in [0.29, 0.717) is 6.42 Å². The van der Waals surface area contributed by atoms with E-state index in [-0.39, 0.29) is 18.2 Å². The molecule has 1 rings (SSSR count). The third kappa shape index (κ3) is 3.43. The molecule has 0 bridgehead atoms. The summed E-state index contributed by atoms with van der Waals surface area (Å²) in [5, 5.41) is 0. The monoisotopic (exact) mass is 261 g/mol. The minimum absolute atomic E-state index is 0.173. The normalized spacial score (nSPS) is 20.6. The molecular weight excluding hydrogens is 246 g/mol. The fourth-order valence-corrected chi connectivity index (χ4v) is 1.78. The summed E-state index contributed by atoms with van der Waals surface area (Å²) in [5.74, 6) is -1.79. The maximum atomic E-state index is 11.8. The van der Waals surface area contributed by atoms with Crippen molar-refractivity contribution in [2.75, 3.05) is 5.88 Å². The topological polar surface area (TPSA) is 63.7 Å². The number of alkyl halides is 1. The summed E-state index contributed by atoms with van der Waals surface area (Å²) in [5.41, 5.74) is -0.640. The molecule has 0 saturated carbocycles. The smallest absolute Gasteiger partial charge is 0.329 e. The van der Waals surface area contributed by atoms with Crippen molar-refractivity contribution in [2.24, 2.45) is 0 Å². The van der Waals surface area contributed by atoms with Crippen LogP contribution in [0.2, 0.25) is 0 Å². The number of imide groups is 1. The molecule has 0 aromatic rings. The molecule has 6 heteroatoms. The van der Waals surface area contributed by atoms with Crippen molar-refractivity contribution in [1.82, 2.24) is 4.90 Å². The first-order valence-electron chi connectivity index (χ1n) is 5.40. The highest BCUT2D eigenvalue weighted by atomic mass is 35.5. The predicted octanol–water partition coefficient (Wildman–Crippen LogP) is 1.08. The van der Waals surface area contributed by atoms with Crippen molar-refractivity contribution >= 4 is 29.4 Å². The fraction of sp³-hybridized carbons (Fsp3) is 0.727. The number of carbonyl (C=O) groups excluding carboxylic acids is 3. The molecule has 2 amide bonds. The van der Waals surface area contributed by atoms with E-state index in [2.05, 4.69) is 0 Å². The molecule has 0 aliphatic carbocycles. The Morgan fingerprint density at radius 2 is 2.06 bits per heavy atom. The summed E-state index contributed by atoms with van der Waals surface area (Å²) < 4.78 is 5.17. The van der Waals surface area contributed by atoms with E-state index in [0.717, 1.165) is 4.90 Å². The van der Waals surface area contributed by atoms with Crippen molar-refractivity contribution in [1.29, 1.82) is 0 Å². The molecule has 1 heterocycles. The average Bonchev–Trinajstić information content (AvgIpc) is 2.56. The molecule has 1 fully saturated rings. The largest absolute Gasteiger partial charge is 0.458 e. The first kappa shape index (κ1) is 14.0. The summed E-state index contributed by atoms with van der Waals surface area (Å²) in [6.45, 7) is 5.19. The van der Waals surface area contributed by atoms with E-state index in [1.165, 1.54) is 0 Å². The Balaban J connectivity index is 2.79. The zero-order valence-corrected chi connectivity index (χ0v) is 10.9. The van der Waals surface area contributed by atoms with Crippen molar-refractivity contribution < 1.29 is 19.1 Å². The van der Waals surface area contributed by atoms with Crippen LogP contribution >= 0.6 is 11.6 Å². The molecule has 96 valence electrons. The molecule has 5 nitrogen and oxygen atoms in total. The van der Waals surface area contributed by atoms with Crippen LogP contribution in [0.4, 0.5) is 0 Å². The summed E-state index contributed by atoms with van der Waals surface area (Å²) >= 11 is 5.40. The van der Waals surface area contributed by atoms with Crippen LogP contribution in [0, 0.1) is 0 Å². The summed E-state index contributed by atoms with van der Waals surface area (Å²) in [7, 11) is 0. The number of likely N-dealkylation sites (tertiary alicyclic amines) is 1. The second-order valence-electron chi connectivity index (χ2n) is 4.88. The average molecular weight is 262 g/mol. The van der Waals surface area contributed by atoms with E-state index < -0.39 is 23.5 Å². The van der Waals surface area contributed by atoms with Gasteiger partial charge in [0.2, 0.25) is 11.8 Å². The molecule has 1 atom stereocenters. The summed E-state index contributed by atoms with van der Waals surface area (Å²) in [6.07, 6.45) is 0.475. The SMILES string of the molecule is CC(C)(C)OC(=O)C1CCC(=O)N1C(=O)CCl. The van der Waals surface area contributed by atoms with Crippen LogP contribution in [0.15, 0.2) is 0 Å². The highest BCUT2D eigenvalue weighted by molar-refractivity contribution is 6.28. The molecule has 0 aromatic carbocycles. The first-order chi connectivity index (χ1) is 7.76. The minimum atomic E-state index is -0.826. The Kier molecular flexibility index (Phi) is 4.14. The quantitative estimate of drug-likeness (QED) is 0.551. The highest BCUT2D eigenvalue weighted by Crippen LogP contribution is 2.22. The lowest BCUT2D eigenvalue weighted by atomic mass is 10.1. The van der Waals surface area contributed by atoms with Gasteiger partial charge in [-0.2, -0.15) is 0 Å². The number of hydrogen-bond acceptors (Lipinski definition) is 4. The zero-order valence-electron chi connectivity index (χ0n) is 10.2. The first-order valence-corrected chi connectivity index (χ1v) is 5.93. The van der Waals surface area contributed by atoms with Crippen molar-refractivity contribution in [3.63, 3.8) is 0 Å². The van der Waals surface area contributed by atoms with Gasteiger partial charge in [0.1, 0.15) is 17.5 Å². The van der Waals surface area contributed by atoms with Crippen molar-refractivity contribution in [2.45, 2.75) is 45.3 Å². The van der Waals surface area contributed by atoms with Crippen molar-refractivity contribution in [3.05, 3.63) is 0 Å². The Labute approximate surface area is 105 Å². The number of rotatable bonds is 2. The van der Waals surface area contributed by atoms with E-state index in [9.17, 15) is 14.4 Å². The van der Waals surface area contributed by atoms with Gasteiger partial charge < -0.3 is 4.74 Å². The summed E-state index contributed by atoms with van der Waals surface area (Å²) in [6, 6.07) is -0.826. The summed E-state index contributed by atoms with van der Waals surface area (Å²) in [4.78, 5) is 35.7. The molecule has 1 unspecified atom stereocenters. The van der Waals surface area contributed by atoms with Gasteiger partial charge in [-0.15, -0.1) is 11.6 Å². The Morgan fingerprint density at radius 1 is 1.47 bits per heavy atom. The van der Waals surface area contributed by atoms with E-state index >= 15 is 0 Å². The number of nitrogens with zero attached hydrogens (tertiary/aromatic N) is 1. The lowest BCUT2D eigenvalue weighted by Crippen LogP contribution is -2.45. The lowest BCUT2D eigenvalue weighted by molar-refractivity contribution is -0.165. The third-order valence-electron chi connectivity index (χ3n) is 2.27. The maximum absolute atomic E-state index is 11.8. The van der Waals surface area contributed by atoms with Gasteiger partial charge in [0, 0.05) is 6.42 Å². The van der Waals surface area contributed by atoms with Gasteiger partial charge in [0.05, 0.1) is 0 Å². The second kappa shape index (κ2) is 5.04. The molecule has 0 aromatic heterocycles. The zero-order chi connectivity index (χ0) is 13.2. The van der Waals surface area contributed by atoms with Crippen LogP contribution in [0.5, 0.6) is 0 Å². The van der Waals surface area contributed by atoms with Crippen LogP contribution in [0.3, 0.4) is 0 Å². The molecule has 1 saturated heterocycles. The Hall–Kier alpha value is -1.10. The number of halogens is 1. The van der Waals surface area contributed by atoms with Gasteiger partial charge in [-0.05, 0) is 27.2 Å². The van der Waals surface area contributed by atoms with Crippen LogP contribution in [0.1, 0.15) is 33.6 Å². The standard InChI is InChI=1S/C11H16ClNO4/c1-11(2,3)17-10(16)7-4-5-8(14)13(7)9(15)6-12/h7H,4-6H2,1-3H3.